The zero-order valence-electron chi connectivity index (χ0n) is 9.18. The van der Waals surface area contributed by atoms with Crippen molar-refractivity contribution in [3.8, 4) is 0 Å². The van der Waals surface area contributed by atoms with E-state index in [0.717, 1.165) is 24.8 Å². The lowest BCUT2D eigenvalue weighted by molar-refractivity contribution is 0.589. The van der Waals surface area contributed by atoms with Crippen molar-refractivity contribution >= 4 is 11.3 Å². The zero-order chi connectivity index (χ0) is 10.8. The van der Waals surface area contributed by atoms with E-state index in [2.05, 4.69) is 0 Å². The van der Waals surface area contributed by atoms with Crippen LogP contribution < -0.4 is 5.73 Å². The molecule has 2 rings (SSSR count). The summed E-state index contributed by atoms with van der Waals surface area (Å²) in [6, 6.07) is 0. The third-order valence-corrected chi connectivity index (χ3v) is 4.42. The van der Waals surface area contributed by atoms with Crippen LogP contribution in [0.25, 0.3) is 0 Å². The monoisotopic (exact) mass is 227 g/mol. The van der Waals surface area contributed by atoms with Gasteiger partial charge in [0.15, 0.2) is 5.13 Å². The molecule has 84 valence electrons. The minimum Gasteiger partial charge on any atom is -0.330 e. The molecule has 1 aromatic heterocycles. The van der Waals surface area contributed by atoms with E-state index < -0.39 is 0 Å². The molecule has 0 aromatic carbocycles. The standard InChI is InChI=1S/C12H18FNS/c1-2-9-11-8(7-14)5-3-4-6-10(11)15-12(9)13/h8H,2-7,14H2,1H3. The van der Waals surface area contributed by atoms with E-state index >= 15 is 0 Å². The van der Waals surface area contributed by atoms with E-state index in [0.29, 0.717) is 12.5 Å². The number of aryl methyl sites for hydroxylation is 1. The lowest BCUT2D eigenvalue weighted by Crippen LogP contribution is -2.13. The molecule has 0 fully saturated rings. The van der Waals surface area contributed by atoms with E-state index in [1.54, 1.807) is 0 Å². The molecule has 1 aromatic rings. The molecule has 1 aliphatic rings. The van der Waals surface area contributed by atoms with Crippen LogP contribution in [0.3, 0.4) is 0 Å². The predicted molar refractivity (Wildman–Crippen MR) is 63.0 cm³/mol. The fourth-order valence-electron chi connectivity index (χ4n) is 2.54. The largest absolute Gasteiger partial charge is 0.330 e. The van der Waals surface area contributed by atoms with Crippen LogP contribution >= 0.6 is 11.3 Å². The van der Waals surface area contributed by atoms with Gasteiger partial charge < -0.3 is 5.73 Å². The van der Waals surface area contributed by atoms with Gasteiger partial charge in [-0.1, -0.05) is 13.3 Å². The molecule has 0 spiro atoms. The molecule has 1 aliphatic carbocycles. The number of thiophene rings is 1. The second-order valence-corrected chi connectivity index (χ2v) is 5.28. The van der Waals surface area contributed by atoms with Gasteiger partial charge in [0.1, 0.15) is 0 Å². The molecular weight excluding hydrogens is 209 g/mol. The van der Waals surface area contributed by atoms with E-state index in [9.17, 15) is 4.39 Å². The van der Waals surface area contributed by atoms with Crippen molar-refractivity contribution in [3.05, 3.63) is 21.1 Å². The van der Waals surface area contributed by atoms with Gasteiger partial charge in [0.2, 0.25) is 0 Å². The first kappa shape index (κ1) is 11.1. The molecule has 0 bridgehead atoms. The van der Waals surface area contributed by atoms with Crippen LogP contribution in [0.5, 0.6) is 0 Å². The van der Waals surface area contributed by atoms with Crippen molar-refractivity contribution in [3.63, 3.8) is 0 Å². The van der Waals surface area contributed by atoms with Gasteiger partial charge in [-0.25, -0.2) is 0 Å². The number of nitrogens with two attached hydrogens (primary N) is 1. The van der Waals surface area contributed by atoms with Crippen molar-refractivity contribution < 1.29 is 4.39 Å². The molecule has 0 aliphatic heterocycles. The van der Waals surface area contributed by atoms with Gasteiger partial charge in [0.05, 0.1) is 0 Å². The van der Waals surface area contributed by atoms with E-state index in [4.69, 9.17) is 5.73 Å². The smallest absolute Gasteiger partial charge is 0.180 e. The SMILES string of the molecule is CCc1c(F)sc2c1C(CN)CCCC2. The Kier molecular flexibility index (Phi) is 3.42. The molecule has 1 nitrogen and oxygen atoms in total. The quantitative estimate of drug-likeness (QED) is 0.771. The summed E-state index contributed by atoms with van der Waals surface area (Å²) < 4.78 is 13.7. The second-order valence-electron chi connectivity index (χ2n) is 4.22. The maximum atomic E-state index is 13.7. The summed E-state index contributed by atoms with van der Waals surface area (Å²) in [5.41, 5.74) is 8.00. The van der Waals surface area contributed by atoms with Gasteiger partial charge in [0, 0.05) is 10.4 Å². The van der Waals surface area contributed by atoms with Crippen molar-refractivity contribution in [2.24, 2.45) is 5.73 Å². The maximum absolute atomic E-state index is 13.7. The lowest BCUT2D eigenvalue weighted by atomic mass is 9.92. The van der Waals surface area contributed by atoms with Crippen LogP contribution in [0.1, 0.15) is 48.1 Å². The van der Waals surface area contributed by atoms with Crippen molar-refractivity contribution in [2.75, 3.05) is 6.54 Å². The molecule has 0 amide bonds. The number of rotatable bonds is 2. The summed E-state index contributed by atoms with van der Waals surface area (Å²) in [5.74, 6) is 0.401. The highest BCUT2D eigenvalue weighted by molar-refractivity contribution is 7.10. The predicted octanol–water partition coefficient (Wildman–Crippen LogP) is 3.22. The molecule has 1 heterocycles. The summed E-state index contributed by atoms with van der Waals surface area (Å²) in [6.45, 7) is 2.69. The number of halogens is 1. The summed E-state index contributed by atoms with van der Waals surface area (Å²) in [7, 11) is 0. The molecule has 0 saturated carbocycles. The minimum atomic E-state index is 0.0304. The fraction of sp³-hybridized carbons (Fsp3) is 0.667. The Hall–Kier alpha value is -0.410. The van der Waals surface area contributed by atoms with Crippen LogP contribution in [-0.2, 0) is 12.8 Å². The van der Waals surface area contributed by atoms with Crippen LogP contribution in [0.2, 0.25) is 0 Å². The fourth-order valence-corrected chi connectivity index (χ4v) is 3.78. The third-order valence-electron chi connectivity index (χ3n) is 3.33. The highest BCUT2D eigenvalue weighted by Crippen LogP contribution is 2.38. The molecular formula is C12H18FNS. The number of hydrogen-bond acceptors (Lipinski definition) is 2. The Labute approximate surface area is 94.5 Å². The Morgan fingerprint density at radius 2 is 2.27 bits per heavy atom. The molecule has 1 unspecified atom stereocenters. The van der Waals surface area contributed by atoms with Crippen molar-refractivity contribution in [2.45, 2.75) is 44.9 Å². The van der Waals surface area contributed by atoms with Crippen LogP contribution in [0, 0.1) is 5.13 Å². The second kappa shape index (κ2) is 4.62. The number of hydrogen-bond donors (Lipinski definition) is 1. The summed E-state index contributed by atoms with van der Waals surface area (Å²) >= 11 is 1.35. The maximum Gasteiger partial charge on any atom is 0.180 e. The van der Waals surface area contributed by atoms with Crippen LogP contribution in [-0.4, -0.2) is 6.54 Å². The third kappa shape index (κ3) is 1.95. The highest BCUT2D eigenvalue weighted by atomic mass is 32.1. The molecule has 0 radical (unpaired) electrons. The highest BCUT2D eigenvalue weighted by Gasteiger charge is 2.25. The molecule has 15 heavy (non-hydrogen) atoms. The topological polar surface area (TPSA) is 26.0 Å². The molecule has 2 N–H and O–H groups in total. The van der Waals surface area contributed by atoms with Crippen molar-refractivity contribution in [1.82, 2.24) is 0 Å². The van der Waals surface area contributed by atoms with Gasteiger partial charge in [-0.15, -0.1) is 11.3 Å². The molecule has 0 saturated heterocycles. The van der Waals surface area contributed by atoms with Gasteiger partial charge in [-0.2, -0.15) is 4.39 Å². The summed E-state index contributed by atoms with van der Waals surface area (Å²) in [6.07, 6.45) is 5.40. The van der Waals surface area contributed by atoms with Gasteiger partial charge in [-0.3, -0.25) is 0 Å². The first-order valence-electron chi connectivity index (χ1n) is 5.77. The average molecular weight is 227 g/mol. The lowest BCUT2D eigenvalue weighted by Gasteiger charge is -2.14. The average Bonchev–Trinajstić information content (AvgIpc) is 2.43. The normalized spacial score (nSPS) is 21.1. The van der Waals surface area contributed by atoms with E-state index in [1.807, 2.05) is 6.92 Å². The van der Waals surface area contributed by atoms with Crippen LogP contribution in [0.15, 0.2) is 0 Å². The van der Waals surface area contributed by atoms with Gasteiger partial charge in [-0.05, 0) is 43.7 Å². The number of fused-ring (bicyclic) bond motifs is 1. The Morgan fingerprint density at radius 3 is 2.93 bits per heavy atom. The van der Waals surface area contributed by atoms with E-state index in [1.165, 1.54) is 34.6 Å². The zero-order valence-corrected chi connectivity index (χ0v) is 10.0. The van der Waals surface area contributed by atoms with Gasteiger partial charge in [0.25, 0.3) is 0 Å². The van der Waals surface area contributed by atoms with Gasteiger partial charge >= 0.3 is 0 Å². The Morgan fingerprint density at radius 1 is 1.47 bits per heavy atom. The van der Waals surface area contributed by atoms with Crippen LogP contribution in [0.4, 0.5) is 4.39 Å². The Balaban J connectivity index is 2.46. The first-order valence-corrected chi connectivity index (χ1v) is 6.59. The van der Waals surface area contributed by atoms with E-state index in [-0.39, 0.29) is 5.13 Å². The summed E-state index contributed by atoms with van der Waals surface area (Å²) in [4.78, 5) is 1.26. The van der Waals surface area contributed by atoms with Crippen molar-refractivity contribution in [1.29, 1.82) is 0 Å². The Bertz CT molecular complexity index is 346. The summed E-state index contributed by atoms with van der Waals surface area (Å²) in [5, 5.41) is 0.0304. The molecule has 1 atom stereocenters. The first-order chi connectivity index (χ1) is 7.27. The molecule has 3 heteroatoms. The minimum absolute atomic E-state index is 0.0304.